The number of carbonyl (C=O) groups excluding carboxylic acids is 1. The number of nitrogens with two attached hydrogens (primary N) is 1. The third-order valence-electron chi connectivity index (χ3n) is 3.99. The van der Waals surface area contributed by atoms with Crippen molar-refractivity contribution in [1.29, 1.82) is 0 Å². The summed E-state index contributed by atoms with van der Waals surface area (Å²) < 4.78 is 5.71. The average molecular weight is 347 g/mol. The van der Waals surface area contributed by atoms with Crippen LogP contribution in [0.4, 0.5) is 0 Å². The summed E-state index contributed by atoms with van der Waals surface area (Å²) in [4.78, 5) is 14.4. The van der Waals surface area contributed by atoms with Crippen molar-refractivity contribution in [2.75, 3.05) is 13.1 Å². The Labute approximate surface area is 143 Å². The Bertz CT molecular complexity index is 499. The number of nitrogens with zero attached hydrogens (tertiary/aromatic N) is 1. The third-order valence-corrected chi connectivity index (χ3v) is 4.22. The Morgan fingerprint density at radius 3 is 2.91 bits per heavy atom. The van der Waals surface area contributed by atoms with Gasteiger partial charge in [0, 0.05) is 24.2 Å². The van der Waals surface area contributed by atoms with Crippen LogP contribution in [0.3, 0.4) is 0 Å². The van der Waals surface area contributed by atoms with E-state index in [1.165, 1.54) is 0 Å². The molecular formula is C16H24Cl2N2O2. The van der Waals surface area contributed by atoms with Gasteiger partial charge in [-0.1, -0.05) is 24.6 Å². The number of rotatable bonds is 4. The van der Waals surface area contributed by atoms with Gasteiger partial charge in [0.1, 0.15) is 5.75 Å². The van der Waals surface area contributed by atoms with E-state index < -0.39 is 6.10 Å². The van der Waals surface area contributed by atoms with Crippen LogP contribution in [0.2, 0.25) is 5.02 Å². The van der Waals surface area contributed by atoms with Gasteiger partial charge in [0.05, 0.1) is 0 Å². The normalized spacial score (nSPS) is 22.6. The summed E-state index contributed by atoms with van der Waals surface area (Å²) in [6.45, 7) is 5.23. The van der Waals surface area contributed by atoms with Crippen LogP contribution in [0.25, 0.3) is 0 Å². The van der Waals surface area contributed by atoms with Crippen molar-refractivity contribution in [3.05, 3.63) is 29.3 Å². The monoisotopic (exact) mass is 346 g/mol. The topological polar surface area (TPSA) is 55.6 Å². The van der Waals surface area contributed by atoms with Gasteiger partial charge in [0.25, 0.3) is 5.91 Å². The maximum absolute atomic E-state index is 12.6. The zero-order valence-electron chi connectivity index (χ0n) is 13.0. The molecule has 3 atom stereocenters. The summed E-state index contributed by atoms with van der Waals surface area (Å²) in [5.74, 6) is 1.22. The molecule has 1 aromatic rings. The molecule has 1 heterocycles. The highest BCUT2D eigenvalue weighted by Gasteiger charge is 2.32. The van der Waals surface area contributed by atoms with Gasteiger partial charge in [-0.2, -0.15) is 0 Å². The maximum atomic E-state index is 12.6. The number of carbonyl (C=O) groups is 1. The highest BCUT2D eigenvalue weighted by molar-refractivity contribution is 6.30. The first kappa shape index (κ1) is 19.1. The molecule has 124 valence electrons. The van der Waals surface area contributed by atoms with Gasteiger partial charge in [-0.05, 0) is 43.9 Å². The van der Waals surface area contributed by atoms with E-state index in [9.17, 15) is 4.79 Å². The Hall–Kier alpha value is -0.970. The van der Waals surface area contributed by atoms with E-state index in [0.717, 1.165) is 19.4 Å². The number of hydrogen-bond donors (Lipinski definition) is 1. The van der Waals surface area contributed by atoms with Crippen molar-refractivity contribution >= 4 is 29.9 Å². The molecule has 1 aliphatic rings. The molecule has 1 aromatic carbocycles. The van der Waals surface area contributed by atoms with E-state index >= 15 is 0 Å². The van der Waals surface area contributed by atoms with Gasteiger partial charge in [-0.15, -0.1) is 12.4 Å². The summed E-state index contributed by atoms with van der Waals surface area (Å²) >= 11 is 5.93. The summed E-state index contributed by atoms with van der Waals surface area (Å²) in [6, 6.07) is 7.21. The zero-order chi connectivity index (χ0) is 15.4. The fraction of sp³-hybridized carbons (Fsp3) is 0.562. The molecule has 3 unspecified atom stereocenters. The van der Waals surface area contributed by atoms with Gasteiger partial charge in [0.2, 0.25) is 0 Å². The minimum Gasteiger partial charge on any atom is -0.481 e. The molecule has 6 heteroatoms. The predicted octanol–water partition coefficient (Wildman–Crippen LogP) is 3.11. The van der Waals surface area contributed by atoms with E-state index in [1.54, 1.807) is 31.2 Å². The smallest absolute Gasteiger partial charge is 0.263 e. The van der Waals surface area contributed by atoms with Gasteiger partial charge in [-0.25, -0.2) is 0 Å². The molecule has 0 aromatic heterocycles. The van der Waals surface area contributed by atoms with E-state index in [0.29, 0.717) is 23.2 Å². The van der Waals surface area contributed by atoms with Crippen molar-refractivity contribution in [2.24, 2.45) is 11.7 Å². The molecule has 2 N–H and O–H groups in total. The van der Waals surface area contributed by atoms with E-state index in [1.807, 2.05) is 4.90 Å². The number of ether oxygens (including phenoxy) is 1. The Balaban J connectivity index is 0.00000242. The lowest BCUT2D eigenvalue weighted by molar-refractivity contribution is -0.142. The van der Waals surface area contributed by atoms with Crippen molar-refractivity contribution in [3.8, 4) is 5.75 Å². The fourth-order valence-corrected chi connectivity index (χ4v) is 2.97. The lowest BCUT2D eigenvalue weighted by atomic mass is 9.92. The van der Waals surface area contributed by atoms with E-state index in [4.69, 9.17) is 22.1 Å². The molecule has 0 spiro atoms. The number of benzene rings is 1. The van der Waals surface area contributed by atoms with Crippen LogP contribution >= 0.6 is 24.0 Å². The maximum Gasteiger partial charge on any atom is 0.263 e. The summed E-state index contributed by atoms with van der Waals surface area (Å²) in [5.41, 5.74) is 5.81. The molecular weight excluding hydrogens is 323 g/mol. The van der Waals surface area contributed by atoms with Crippen LogP contribution < -0.4 is 10.5 Å². The number of halogens is 2. The Morgan fingerprint density at radius 1 is 1.55 bits per heavy atom. The Morgan fingerprint density at radius 2 is 2.27 bits per heavy atom. The lowest BCUT2D eigenvalue weighted by Crippen LogP contribution is -2.52. The van der Waals surface area contributed by atoms with Crippen LogP contribution in [0.1, 0.15) is 26.7 Å². The SMILES string of the molecule is CC1CCN(C(=O)C(C)Oc2cccc(Cl)c2)C(CN)C1.Cl. The first-order chi connectivity index (χ1) is 10.0. The van der Waals surface area contributed by atoms with Crippen molar-refractivity contribution in [1.82, 2.24) is 4.90 Å². The predicted molar refractivity (Wildman–Crippen MR) is 91.7 cm³/mol. The highest BCUT2D eigenvalue weighted by Crippen LogP contribution is 2.24. The van der Waals surface area contributed by atoms with Gasteiger partial charge in [-0.3, -0.25) is 4.79 Å². The minimum atomic E-state index is -0.536. The second-order valence-corrected chi connectivity index (χ2v) is 6.20. The van der Waals surface area contributed by atoms with Crippen molar-refractivity contribution < 1.29 is 9.53 Å². The minimum absolute atomic E-state index is 0. The van der Waals surface area contributed by atoms with E-state index in [2.05, 4.69) is 6.92 Å². The van der Waals surface area contributed by atoms with Crippen molar-refractivity contribution in [2.45, 2.75) is 38.8 Å². The first-order valence-electron chi connectivity index (χ1n) is 7.44. The molecule has 1 fully saturated rings. The number of likely N-dealkylation sites (tertiary alicyclic amines) is 1. The molecule has 1 saturated heterocycles. The summed E-state index contributed by atoms with van der Waals surface area (Å²) in [6.07, 6.45) is 1.45. The van der Waals surface area contributed by atoms with Gasteiger partial charge >= 0.3 is 0 Å². The molecule has 0 bridgehead atoms. The molecule has 0 aliphatic carbocycles. The second-order valence-electron chi connectivity index (χ2n) is 5.77. The summed E-state index contributed by atoms with van der Waals surface area (Å²) in [7, 11) is 0. The Kier molecular flexibility index (Phi) is 7.46. The molecule has 0 saturated carbocycles. The first-order valence-corrected chi connectivity index (χ1v) is 7.81. The molecule has 1 amide bonds. The molecule has 22 heavy (non-hydrogen) atoms. The number of hydrogen-bond acceptors (Lipinski definition) is 3. The molecule has 0 radical (unpaired) electrons. The standard InChI is InChI=1S/C16H23ClN2O2.ClH/c1-11-6-7-19(14(8-11)10-18)16(20)12(2)21-15-5-3-4-13(17)9-15;/h3-5,9,11-12,14H,6-8,10,18H2,1-2H3;1H. The zero-order valence-corrected chi connectivity index (χ0v) is 14.6. The van der Waals surface area contributed by atoms with Crippen LogP contribution in [-0.2, 0) is 4.79 Å². The molecule has 2 rings (SSSR count). The van der Waals surface area contributed by atoms with Gasteiger partial charge < -0.3 is 15.4 Å². The number of piperidine rings is 1. The van der Waals surface area contributed by atoms with Crippen molar-refractivity contribution in [3.63, 3.8) is 0 Å². The lowest BCUT2D eigenvalue weighted by Gasteiger charge is -2.39. The van der Waals surface area contributed by atoms with Crippen LogP contribution in [-0.4, -0.2) is 36.0 Å². The second kappa shape index (κ2) is 8.61. The van der Waals surface area contributed by atoms with E-state index in [-0.39, 0.29) is 24.4 Å². The summed E-state index contributed by atoms with van der Waals surface area (Å²) in [5, 5.41) is 0.596. The van der Waals surface area contributed by atoms with Crippen LogP contribution in [0.5, 0.6) is 5.75 Å². The highest BCUT2D eigenvalue weighted by atomic mass is 35.5. The van der Waals surface area contributed by atoms with Gasteiger partial charge in [0.15, 0.2) is 6.10 Å². The fourth-order valence-electron chi connectivity index (χ4n) is 2.79. The molecule has 1 aliphatic heterocycles. The quantitative estimate of drug-likeness (QED) is 0.911. The molecule has 4 nitrogen and oxygen atoms in total. The van der Waals surface area contributed by atoms with Crippen LogP contribution in [0.15, 0.2) is 24.3 Å². The number of amides is 1. The average Bonchev–Trinajstić information content (AvgIpc) is 2.46. The largest absolute Gasteiger partial charge is 0.481 e. The van der Waals surface area contributed by atoms with Crippen LogP contribution in [0, 0.1) is 5.92 Å². The third kappa shape index (κ3) is 4.77.